The molecule has 1 N–H and O–H groups in total. The summed E-state index contributed by atoms with van der Waals surface area (Å²) in [6, 6.07) is 10.6. The minimum Gasteiger partial charge on any atom is -0.491 e. The second-order valence-corrected chi connectivity index (χ2v) is 5.88. The van der Waals surface area contributed by atoms with Crippen molar-refractivity contribution in [2.75, 3.05) is 26.4 Å². The number of nitrogens with one attached hydrogen (secondary N) is 1. The van der Waals surface area contributed by atoms with Crippen molar-refractivity contribution in [3.05, 3.63) is 30.3 Å². The van der Waals surface area contributed by atoms with Crippen LogP contribution in [0.25, 0.3) is 0 Å². The predicted octanol–water partition coefficient (Wildman–Crippen LogP) is 2.38. The molecule has 1 saturated carbocycles. The number of hydrogen-bond donors (Lipinski definition) is 1. The van der Waals surface area contributed by atoms with Crippen LogP contribution in [-0.4, -0.2) is 44.6 Å². The molecule has 4 heteroatoms. The zero-order valence-electron chi connectivity index (χ0n) is 12.5. The monoisotopic (exact) mass is 291 g/mol. The van der Waals surface area contributed by atoms with Crippen molar-refractivity contribution in [1.29, 1.82) is 0 Å². The van der Waals surface area contributed by atoms with Gasteiger partial charge in [-0.15, -0.1) is 0 Å². The predicted molar refractivity (Wildman–Crippen MR) is 81.7 cm³/mol. The molecule has 2 atom stereocenters. The lowest BCUT2D eigenvalue weighted by molar-refractivity contribution is -0.0195. The molecule has 1 aromatic rings. The number of ether oxygens (including phenoxy) is 3. The van der Waals surface area contributed by atoms with Crippen LogP contribution in [0.1, 0.15) is 25.7 Å². The lowest BCUT2D eigenvalue weighted by Gasteiger charge is -2.14. The van der Waals surface area contributed by atoms with E-state index in [-0.39, 0.29) is 6.10 Å². The van der Waals surface area contributed by atoms with Gasteiger partial charge >= 0.3 is 0 Å². The molecule has 0 bridgehead atoms. The van der Waals surface area contributed by atoms with E-state index in [1.807, 2.05) is 30.3 Å². The average Bonchev–Trinajstić information content (AvgIpc) is 3.25. The van der Waals surface area contributed by atoms with Crippen molar-refractivity contribution in [2.45, 2.75) is 43.9 Å². The van der Waals surface area contributed by atoms with E-state index < -0.39 is 0 Å². The summed E-state index contributed by atoms with van der Waals surface area (Å²) in [4.78, 5) is 0. The molecule has 2 aliphatic rings. The highest BCUT2D eigenvalue weighted by Crippen LogP contribution is 2.22. The van der Waals surface area contributed by atoms with Crippen LogP contribution in [0.15, 0.2) is 30.3 Å². The Kier molecular flexibility index (Phi) is 5.49. The molecule has 0 aromatic heterocycles. The molecule has 0 spiro atoms. The summed E-state index contributed by atoms with van der Waals surface area (Å²) in [7, 11) is 0. The Labute approximate surface area is 126 Å². The normalized spacial score (nSPS) is 25.1. The van der Waals surface area contributed by atoms with Gasteiger partial charge in [-0.25, -0.2) is 0 Å². The molecule has 3 rings (SSSR count). The number of benzene rings is 1. The van der Waals surface area contributed by atoms with Gasteiger partial charge in [0.1, 0.15) is 12.4 Å². The molecule has 1 aliphatic carbocycles. The van der Waals surface area contributed by atoms with Crippen molar-refractivity contribution in [2.24, 2.45) is 0 Å². The fraction of sp³-hybridized carbons (Fsp3) is 0.647. The van der Waals surface area contributed by atoms with Gasteiger partial charge in [0.2, 0.25) is 0 Å². The molecule has 1 aliphatic heterocycles. The molecule has 1 heterocycles. The summed E-state index contributed by atoms with van der Waals surface area (Å²) >= 11 is 0. The number of hydrogen-bond acceptors (Lipinski definition) is 4. The van der Waals surface area contributed by atoms with Gasteiger partial charge in [0.25, 0.3) is 0 Å². The summed E-state index contributed by atoms with van der Waals surface area (Å²) in [5.74, 6) is 0.893. The largest absolute Gasteiger partial charge is 0.491 e. The summed E-state index contributed by atoms with van der Waals surface area (Å²) < 4.78 is 17.2. The second-order valence-electron chi connectivity index (χ2n) is 5.88. The SMILES string of the molecule is c1ccc(OCCOCC2CCC(CNC3CC3)O2)cc1. The van der Waals surface area contributed by atoms with Crippen LogP contribution in [0.5, 0.6) is 5.75 Å². The smallest absolute Gasteiger partial charge is 0.119 e. The van der Waals surface area contributed by atoms with Gasteiger partial charge in [-0.2, -0.15) is 0 Å². The molecule has 2 fully saturated rings. The first-order chi connectivity index (χ1) is 10.4. The third-order valence-electron chi connectivity index (χ3n) is 3.95. The minimum absolute atomic E-state index is 0.257. The molecule has 1 aromatic carbocycles. The molecule has 4 nitrogen and oxygen atoms in total. The van der Waals surface area contributed by atoms with Crippen molar-refractivity contribution < 1.29 is 14.2 Å². The van der Waals surface area contributed by atoms with Crippen LogP contribution in [0.4, 0.5) is 0 Å². The van der Waals surface area contributed by atoms with Gasteiger partial charge < -0.3 is 19.5 Å². The van der Waals surface area contributed by atoms with E-state index in [4.69, 9.17) is 14.2 Å². The van der Waals surface area contributed by atoms with E-state index in [2.05, 4.69) is 5.32 Å². The van der Waals surface area contributed by atoms with Crippen LogP contribution in [0.3, 0.4) is 0 Å². The van der Waals surface area contributed by atoms with E-state index >= 15 is 0 Å². The summed E-state index contributed by atoms with van der Waals surface area (Å²) in [6.45, 7) is 2.87. The number of rotatable bonds is 9. The first-order valence-electron chi connectivity index (χ1n) is 8.04. The fourth-order valence-electron chi connectivity index (χ4n) is 2.59. The molecular weight excluding hydrogens is 266 g/mol. The third-order valence-corrected chi connectivity index (χ3v) is 3.95. The maximum Gasteiger partial charge on any atom is 0.119 e. The Morgan fingerprint density at radius 1 is 1.00 bits per heavy atom. The van der Waals surface area contributed by atoms with E-state index in [0.29, 0.717) is 25.9 Å². The highest BCUT2D eigenvalue weighted by Gasteiger charge is 2.27. The maximum atomic E-state index is 5.98. The van der Waals surface area contributed by atoms with E-state index in [9.17, 15) is 0 Å². The molecule has 0 radical (unpaired) electrons. The van der Waals surface area contributed by atoms with E-state index in [1.54, 1.807) is 0 Å². The van der Waals surface area contributed by atoms with Crippen molar-refractivity contribution >= 4 is 0 Å². The Morgan fingerprint density at radius 2 is 1.81 bits per heavy atom. The van der Waals surface area contributed by atoms with E-state index in [0.717, 1.165) is 31.2 Å². The first-order valence-corrected chi connectivity index (χ1v) is 8.04. The zero-order chi connectivity index (χ0) is 14.3. The van der Waals surface area contributed by atoms with Crippen LogP contribution >= 0.6 is 0 Å². The van der Waals surface area contributed by atoms with Crippen LogP contribution in [0, 0.1) is 0 Å². The topological polar surface area (TPSA) is 39.7 Å². The van der Waals surface area contributed by atoms with Gasteiger partial charge in [-0.3, -0.25) is 0 Å². The Bertz CT molecular complexity index is 408. The Hall–Kier alpha value is -1.10. The van der Waals surface area contributed by atoms with Crippen LogP contribution in [0.2, 0.25) is 0 Å². The van der Waals surface area contributed by atoms with Crippen molar-refractivity contribution in [3.8, 4) is 5.75 Å². The highest BCUT2D eigenvalue weighted by atomic mass is 16.6. The summed E-state index contributed by atoms with van der Waals surface area (Å²) in [6.07, 6.45) is 5.55. The maximum absolute atomic E-state index is 5.98. The van der Waals surface area contributed by atoms with Gasteiger partial charge in [0.05, 0.1) is 25.4 Å². The van der Waals surface area contributed by atoms with E-state index in [1.165, 1.54) is 12.8 Å². The van der Waals surface area contributed by atoms with Crippen LogP contribution < -0.4 is 10.1 Å². The summed E-state index contributed by atoms with van der Waals surface area (Å²) in [5.41, 5.74) is 0. The molecular formula is C17H25NO3. The Morgan fingerprint density at radius 3 is 2.62 bits per heavy atom. The molecule has 0 amide bonds. The Balaban J connectivity index is 1.21. The lowest BCUT2D eigenvalue weighted by atomic mass is 10.2. The third kappa shape index (κ3) is 5.30. The summed E-state index contributed by atoms with van der Waals surface area (Å²) in [5, 5.41) is 3.53. The number of para-hydroxylation sites is 1. The minimum atomic E-state index is 0.257. The molecule has 21 heavy (non-hydrogen) atoms. The highest BCUT2D eigenvalue weighted by molar-refractivity contribution is 5.20. The quantitative estimate of drug-likeness (QED) is 0.709. The van der Waals surface area contributed by atoms with Gasteiger partial charge in [0, 0.05) is 12.6 Å². The lowest BCUT2D eigenvalue weighted by Crippen LogP contribution is -2.29. The average molecular weight is 291 g/mol. The van der Waals surface area contributed by atoms with Gasteiger partial charge in [-0.1, -0.05) is 18.2 Å². The van der Waals surface area contributed by atoms with Crippen molar-refractivity contribution in [3.63, 3.8) is 0 Å². The fourth-order valence-corrected chi connectivity index (χ4v) is 2.59. The van der Waals surface area contributed by atoms with Crippen molar-refractivity contribution in [1.82, 2.24) is 5.32 Å². The van der Waals surface area contributed by atoms with Gasteiger partial charge in [-0.05, 0) is 37.8 Å². The molecule has 116 valence electrons. The molecule has 1 saturated heterocycles. The van der Waals surface area contributed by atoms with Gasteiger partial charge in [0.15, 0.2) is 0 Å². The molecule has 2 unspecified atom stereocenters. The van der Waals surface area contributed by atoms with Crippen LogP contribution in [-0.2, 0) is 9.47 Å². The standard InChI is InChI=1S/C17H25NO3/c1-2-4-15(5-3-1)20-11-10-19-13-17-9-8-16(21-17)12-18-14-6-7-14/h1-5,14,16-18H,6-13H2. The zero-order valence-corrected chi connectivity index (χ0v) is 12.5. The second kappa shape index (κ2) is 7.78. The first kappa shape index (κ1) is 14.8.